The Morgan fingerprint density at radius 3 is 2.36 bits per heavy atom. The van der Waals surface area contributed by atoms with E-state index in [1.807, 2.05) is 13.8 Å². The maximum Gasteiger partial charge on any atom is 0.321 e. The van der Waals surface area contributed by atoms with E-state index in [-0.39, 0.29) is 17.9 Å². The second-order valence-corrected chi connectivity index (χ2v) is 7.90. The molecule has 1 rings (SSSR count). The van der Waals surface area contributed by atoms with Crippen molar-refractivity contribution in [1.82, 2.24) is 16.0 Å². The van der Waals surface area contributed by atoms with Crippen molar-refractivity contribution in [3.05, 3.63) is 0 Å². The Hall–Kier alpha value is -1.10. The van der Waals surface area contributed by atoms with Crippen molar-refractivity contribution in [2.24, 2.45) is 17.3 Å². The summed E-state index contributed by atoms with van der Waals surface area (Å²) >= 11 is 0. The van der Waals surface area contributed by atoms with Crippen LogP contribution < -0.4 is 16.0 Å². The van der Waals surface area contributed by atoms with Crippen LogP contribution in [-0.4, -0.2) is 31.1 Å². The fourth-order valence-corrected chi connectivity index (χ4v) is 3.15. The molecule has 22 heavy (non-hydrogen) atoms. The predicted octanol–water partition coefficient (Wildman–Crippen LogP) is 2.66. The Kier molecular flexibility index (Phi) is 7.33. The van der Waals surface area contributed by atoms with Crippen LogP contribution >= 0.6 is 0 Å². The molecule has 0 aromatic heterocycles. The van der Waals surface area contributed by atoms with Gasteiger partial charge in [-0.05, 0) is 30.1 Å². The molecule has 0 bridgehead atoms. The third kappa shape index (κ3) is 6.77. The molecule has 3 N–H and O–H groups in total. The van der Waals surface area contributed by atoms with Gasteiger partial charge in [0.1, 0.15) is 0 Å². The molecular formula is C17H33N3O2. The summed E-state index contributed by atoms with van der Waals surface area (Å²) in [6.07, 6.45) is 4.79. The maximum atomic E-state index is 11.9. The van der Waals surface area contributed by atoms with E-state index < -0.39 is 6.03 Å². The summed E-state index contributed by atoms with van der Waals surface area (Å²) < 4.78 is 0. The second kappa shape index (κ2) is 8.51. The van der Waals surface area contributed by atoms with Crippen molar-refractivity contribution in [2.45, 2.75) is 66.3 Å². The maximum absolute atomic E-state index is 11.9. The standard InChI is InChI=1S/C17H33N3O2/c1-12(2)10-19-16(22)20-15(21)11-18-14-9-7-6-8-13(14)17(3,4)5/h12-14,18H,6-11H2,1-5H3,(H2,19,20,21,22). The number of rotatable bonds is 5. The first-order chi connectivity index (χ1) is 10.2. The van der Waals surface area contributed by atoms with Gasteiger partial charge < -0.3 is 10.6 Å². The minimum Gasteiger partial charge on any atom is -0.338 e. The van der Waals surface area contributed by atoms with Gasteiger partial charge in [-0.3, -0.25) is 10.1 Å². The molecule has 1 aliphatic rings. The molecule has 0 radical (unpaired) electrons. The first kappa shape index (κ1) is 18.9. The summed E-state index contributed by atoms with van der Waals surface area (Å²) in [4.78, 5) is 23.4. The van der Waals surface area contributed by atoms with Crippen LogP contribution in [0.5, 0.6) is 0 Å². The number of urea groups is 1. The molecule has 0 spiro atoms. The number of hydrogen-bond donors (Lipinski definition) is 3. The number of hydrogen-bond acceptors (Lipinski definition) is 3. The Morgan fingerprint density at radius 1 is 1.14 bits per heavy atom. The van der Waals surface area contributed by atoms with Crippen LogP contribution in [0.3, 0.4) is 0 Å². The fraction of sp³-hybridized carbons (Fsp3) is 0.882. The van der Waals surface area contributed by atoms with Gasteiger partial charge >= 0.3 is 6.03 Å². The smallest absolute Gasteiger partial charge is 0.321 e. The molecular weight excluding hydrogens is 278 g/mol. The van der Waals surface area contributed by atoms with Gasteiger partial charge in [-0.1, -0.05) is 47.5 Å². The first-order valence-corrected chi connectivity index (χ1v) is 8.51. The number of carbonyl (C=O) groups excluding carboxylic acids is 2. The van der Waals surface area contributed by atoms with Crippen LogP contribution in [0.4, 0.5) is 4.79 Å². The highest BCUT2D eigenvalue weighted by atomic mass is 16.2. The lowest BCUT2D eigenvalue weighted by atomic mass is 9.69. The highest BCUT2D eigenvalue weighted by Crippen LogP contribution is 2.37. The zero-order chi connectivity index (χ0) is 16.8. The zero-order valence-electron chi connectivity index (χ0n) is 14.8. The minimum absolute atomic E-state index is 0.201. The Bertz CT molecular complexity index is 375. The van der Waals surface area contributed by atoms with Gasteiger partial charge in [0, 0.05) is 12.6 Å². The van der Waals surface area contributed by atoms with Crippen molar-refractivity contribution in [3.8, 4) is 0 Å². The van der Waals surface area contributed by atoms with E-state index in [1.165, 1.54) is 19.3 Å². The van der Waals surface area contributed by atoms with Crippen LogP contribution in [0.25, 0.3) is 0 Å². The van der Waals surface area contributed by atoms with Crippen molar-refractivity contribution < 1.29 is 9.59 Å². The van der Waals surface area contributed by atoms with Crippen LogP contribution in [-0.2, 0) is 4.79 Å². The van der Waals surface area contributed by atoms with Crippen molar-refractivity contribution >= 4 is 11.9 Å². The number of carbonyl (C=O) groups is 2. The molecule has 0 aliphatic heterocycles. The van der Waals surface area contributed by atoms with E-state index in [4.69, 9.17) is 0 Å². The average molecular weight is 311 g/mol. The highest BCUT2D eigenvalue weighted by Gasteiger charge is 2.33. The molecule has 0 aromatic rings. The molecule has 5 heteroatoms. The molecule has 128 valence electrons. The minimum atomic E-state index is -0.406. The van der Waals surface area contributed by atoms with Crippen LogP contribution in [0.1, 0.15) is 60.3 Å². The van der Waals surface area contributed by atoms with E-state index >= 15 is 0 Å². The summed E-state index contributed by atoms with van der Waals surface area (Å²) in [7, 11) is 0. The third-order valence-electron chi connectivity index (χ3n) is 4.33. The third-order valence-corrected chi connectivity index (χ3v) is 4.33. The quantitative estimate of drug-likeness (QED) is 0.731. The van der Waals surface area contributed by atoms with Gasteiger partial charge in [0.15, 0.2) is 0 Å². The monoisotopic (exact) mass is 311 g/mol. The Labute approximate surface area is 135 Å². The van der Waals surface area contributed by atoms with Crippen LogP contribution in [0, 0.1) is 17.3 Å². The van der Waals surface area contributed by atoms with Crippen LogP contribution in [0.2, 0.25) is 0 Å². The van der Waals surface area contributed by atoms with E-state index in [1.54, 1.807) is 0 Å². The molecule has 1 fully saturated rings. The molecule has 1 aliphatic carbocycles. The molecule has 5 nitrogen and oxygen atoms in total. The molecule has 2 atom stereocenters. The molecule has 3 amide bonds. The van der Waals surface area contributed by atoms with Crippen molar-refractivity contribution in [3.63, 3.8) is 0 Å². The summed E-state index contributed by atoms with van der Waals surface area (Å²) in [5.74, 6) is 0.678. The summed E-state index contributed by atoms with van der Waals surface area (Å²) in [5, 5.41) is 8.42. The van der Waals surface area contributed by atoms with Gasteiger partial charge in [0.25, 0.3) is 0 Å². The summed E-state index contributed by atoms with van der Waals surface area (Å²) in [6, 6.07) is -0.0465. The lowest BCUT2D eigenvalue weighted by Crippen LogP contribution is -2.49. The lowest BCUT2D eigenvalue weighted by molar-refractivity contribution is -0.119. The molecule has 0 saturated heterocycles. The van der Waals surface area contributed by atoms with E-state index in [2.05, 4.69) is 36.7 Å². The van der Waals surface area contributed by atoms with E-state index in [9.17, 15) is 9.59 Å². The fourth-order valence-electron chi connectivity index (χ4n) is 3.15. The van der Waals surface area contributed by atoms with Gasteiger partial charge in [-0.15, -0.1) is 0 Å². The summed E-state index contributed by atoms with van der Waals surface area (Å²) in [5.41, 5.74) is 0.239. The normalized spacial score (nSPS) is 22.5. The number of amides is 3. The topological polar surface area (TPSA) is 70.2 Å². The zero-order valence-corrected chi connectivity index (χ0v) is 14.8. The SMILES string of the molecule is CC(C)CNC(=O)NC(=O)CNC1CCCCC1C(C)(C)C. The molecule has 0 heterocycles. The van der Waals surface area contributed by atoms with Gasteiger partial charge in [-0.2, -0.15) is 0 Å². The van der Waals surface area contributed by atoms with Crippen molar-refractivity contribution in [2.75, 3.05) is 13.1 Å². The summed E-state index contributed by atoms with van der Waals surface area (Å²) in [6.45, 7) is 11.6. The number of imide groups is 1. The largest absolute Gasteiger partial charge is 0.338 e. The van der Waals surface area contributed by atoms with Gasteiger partial charge in [0.2, 0.25) is 5.91 Å². The molecule has 0 aromatic carbocycles. The van der Waals surface area contributed by atoms with Crippen molar-refractivity contribution in [1.29, 1.82) is 0 Å². The highest BCUT2D eigenvalue weighted by molar-refractivity contribution is 5.95. The van der Waals surface area contributed by atoms with Gasteiger partial charge in [-0.25, -0.2) is 4.79 Å². The number of nitrogens with one attached hydrogen (secondary N) is 3. The first-order valence-electron chi connectivity index (χ1n) is 8.51. The lowest BCUT2D eigenvalue weighted by Gasteiger charge is -2.40. The van der Waals surface area contributed by atoms with E-state index in [0.717, 1.165) is 6.42 Å². The average Bonchev–Trinajstić information content (AvgIpc) is 2.42. The van der Waals surface area contributed by atoms with E-state index in [0.29, 0.717) is 24.4 Å². The van der Waals surface area contributed by atoms with Gasteiger partial charge in [0.05, 0.1) is 6.54 Å². The molecule has 2 unspecified atom stereocenters. The van der Waals surface area contributed by atoms with Crippen LogP contribution in [0.15, 0.2) is 0 Å². The predicted molar refractivity (Wildman–Crippen MR) is 89.6 cm³/mol. The Balaban J connectivity index is 2.37. The molecule has 1 saturated carbocycles. The Morgan fingerprint density at radius 2 is 1.77 bits per heavy atom. The second-order valence-electron chi connectivity index (χ2n) is 7.90.